The summed E-state index contributed by atoms with van der Waals surface area (Å²) in [5.41, 5.74) is 2.70. The average Bonchev–Trinajstić information content (AvgIpc) is 3.10. The van der Waals surface area contributed by atoms with E-state index in [1.807, 2.05) is 60.7 Å². The van der Waals surface area contributed by atoms with Crippen molar-refractivity contribution in [3.05, 3.63) is 96.9 Å². The number of hydrogen-bond acceptors (Lipinski definition) is 5. The zero-order valence-electron chi connectivity index (χ0n) is 18.3. The van der Waals surface area contributed by atoms with Crippen LogP contribution in [0.15, 0.2) is 71.6 Å². The highest BCUT2D eigenvalue weighted by Gasteiger charge is 2.34. The van der Waals surface area contributed by atoms with Crippen LogP contribution in [0.2, 0.25) is 5.02 Å². The van der Waals surface area contributed by atoms with Crippen molar-refractivity contribution in [1.29, 1.82) is 0 Å². The number of nitrogens with zero attached hydrogens (tertiary/aromatic N) is 1. The van der Waals surface area contributed by atoms with Crippen LogP contribution in [0.1, 0.15) is 16.7 Å². The second-order valence-corrected chi connectivity index (χ2v) is 10.0. The molecule has 0 N–H and O–H groups in total. The number of halogens is 2. The van der Waals surface area contributed by atoms with Gasteiger partial charge in [0.1, 0.15) is 6.61 Å². The molecule has 2 amide bonds. The zero-order valence-corrected chi connectivity index (χ0v) is 22.0. The van der Waals surface area contributed by atoms with Gasteiger partial charge in [0.2, 0.25) is 0 Å². The number of imide groups is 1. The molecule has 1 heterocycles. The van der Waals surface area contributed by atoms with Crippen molar-refractivity contribution in [3.8, 4) is 11.5 Å². The first-order valence-electron chi connectivity index (χ1n) is 10.5. The van der Waals surface area contributed by atoms with Gasteiger partial charge in [-0.3, -0.25) is 14.5 Å². The third-order valence-electron chi connectivity index (χ3n) is 5.22. The number of thioether (sulfide) groups is 1. The molecule has 1 aliphatic heterocycles. The molecular weight excluding hydrogens is 585 g/mol. The smallest absolute Gasteiger partial charge is 0.293 e. The maximum atomic E-state index is 12.9. The molecule has 0 bridgehead atoms. The highest BCUT2D eigenvalue weighted by Crippen LogP contribution is 2.38. The number of methoxy groups -OCH3 is 1. The third kappa shape index (κ3) is 5.76. The van der Waals surface area contributed by atoms with Gasteiger partial charge < -0.3 is 9.47 Å². The van der Waals surface area contributed by atoms with Crippen molar-refractivity contribution in [1.82, 2.24) is 4.90 Å². The van der Waals surface area contributed by atoms with Crippen molar-refractivity contribution < 1.29 is 19.1 Å². The van der Waals surface area contributed by atoms with E-state index in [1.165, 1.54) is 4.90 Å². The Balaban J connectivity index is 1.50. The summed E-state index contributed by atoms with van der Waals surface area (Å²) in [6, 6.07) is 21.0. The van der Waals surface area contributed by atoms with Gasteiger partial charge in [0.25, 0.3) is 11.1 Å². The van der Waals surface area contributed by atoms with Gasteiger partial charge >= 0.3 is 0 Å². The summed E-state index contributed by atoms with van der Waals surface area (Å²) in [6.07, 6.45) is 2.34. The molecule has 1 saturated heterocycles. The Bertz CT molecular complexity index is 1250. The quantitative estimate of drug-likeness (QED) is 0.209. The van der Waals surface area contributed by atoms with Crippen LogP contribution in [-0.2, 0) is 17.8 Å². The number of carbonyl (C=O) groups is 2. The Hall–Kier alpha value is -2.49. The van der Waals surface area contributed by atoms with Crippen molar-refractivity contribution in [2.75, 3.05) is 13.7 Å². The summed E-state index contributed by atoms with van der Waals surface area (Å²) in [5.74, 6) is 0.851. The molecule has 4 rings (SSSR count). The second-order valence-electron chi connectivity index (χ2n) is 7.48. The van der Waals surface area contributed by atoms with E-state index in [0.29, 0.717) is 41.0 Å². The van der Waals surface area contributed by atoms with E-state index in [9.17, 15) is 9.59 Å². The Morgan fingerprint density at radius 1 is 1.06 bits per heavy atom. The molecule has 3 aromatic carbocycles. The molecule has 0 unspecified atom stereocenters. The maximum absolute atomic E-state index is 12.9. The van der Waals surface area contributed by atoms with Gasteiger partial charge in [-0.15, -0.1) is 0 Å². The fourth-order valence-electron chi connectivity index (χ4n) is 3.46. The molecule has 0 saturated carbocycles. The zero-order chi connectivity index (χ0) is 24.1. The van der Waals surface area contributed by atoms with Crippen LogP contribution in [-0.4, -0.2) is 29.7 Å². The van der Waals surface area contributed by atoms with Gasteiger partial charge in [-0.25, -0.2) is 0 Å². The number of hydrogen-bond donors (Lipinski definition) is 0. The van der Waals surface area contributed by atoms with Crippen molar-refractivity contribution in [3.63, 3.8) is 0 Å². The van der Waals surface area contributed by atoms with Gasteiger partial charge in [0, 0.05) is 17.1 Å². The first kappa shape index (κ1) is 24.6. The van der Waals surface area contributed by atoms with Crippen LogP contribution in [0.3, 0.4) is 0 Å². The molecule has 1 fully saturated rings. The minimum Gasteiger partial charge on any atom is -0.493 e. The molecule has 174 valence electrons. The van der Waals surface area contributed by atoms with Crippen molar-refractivity contribution in [2.45, 2.75) is 13.0 Å². The lowest BCUT2D eigenvalue weighted by Gasteiger charge is -2.14. The summed E-state index contributed by atoms with van der Waals surface area (Å²) >= 11 is 9.36. The molecule has 0 radical (unpaired) electrons. The third-order valence-corrected chi connectivity index (χ3v) is 7.30. The number of benzene rings is 3. The van der Waals surface area contributed by atoms with Crippen molar-refractivity contribution in [2.24, 2.45) is 0 Å². The fraction of sp³-hybridized carbons (Fsp3) is 0.154. The Kier molecular flexibility index (Phi) is 8.18. The summed E-state index contributed by atoms with van der Waals surface area (Å²) in [7, 11) is 1.56. The van der Waals surface area contributed by atoms with E-state index < -0.39 is 0 Å². The van der Waals surface area contributed by atoms with Crippen molar-refractivity contribution >= 4 is 63.2 Å². The van der Waals surface area contributed by atoms with E-state index in [4.69, 9.17) is 21.1 Å². The SMILES string of the molecule is COc1cc(/C=C2/SC(=O)N(CCc3ccccc3)C2=O)cc(I)c1OCc1ccccc1Cl. The normalized spacial score (nSPS) is 14.7. The molecule has 3 aromatic rings. The summed E-state index contributed by atoms with van der Waals surface area (Å²) in [5, 5.41) is 0.379. The van der Waals surface area contributed by atoms with Crippen LogP contribution in [0.5, 0.6) is 11.5 Å². The molecule has 0 aliphatic carbocycles. The first-order chi connectivity index (χ1) is 16.5. The Morgan fingerprint density at radius 3 is 2.53 bits per heavy atom. The minimum absolute atomic E-state index is 0.256. The van der Waals surface area contributed by atoms with E-state index in [-0.39, 0.29) is 11.1 Å². The Morgan fingerprint density at radius 2 is 1.79 bits per heavy atom. The molecule has 0 spiro atoms. The molecule has 8 heteroatoms. The summed E-state index contributed by atoms with van der Waals surface area (Å²) < 4.78 is 12.4. The fourth-order valence-corrected chi connectivity index (χ4v) is 5.29. The van der Waals surface area contributed by atoms with E-state index in [1.54, 1.807) is 19.3 Å². The molecule has 34 heavy (non-hydrogen) atoms. The van der Waals surface area contributed by atoms with Crippen LogP contribution in [0.25, 0.3) is 6.08 Å². The van der Waals surface area contributed by atoms with Crippen LogP contribution < -0.4 is 9.47 Å². The lowest BCUT2D eigenvalue weighted by Crippen LogP contribution is -2.30. The highest BCUT2D eigenvalue weighted by atomic mass is 127. The van der Waals surface area contributed by atoms with Gasteiger partial charge in [-0.2, -0.15) is 0 Å². The van der Waals surface area contributed by atoms with Crippen LogP contribution in [0.4, 0.5) is 4.79 Å². The van der Waals surface area contributed by atoms with Gasteiger partial charge in [0.05, 0.1) is 15.6 Å². The molecular formula is C26H21ClINO4S. The van der Waals surface area contributed by atoms with Crippen LogP contribution in [0, 0.1) is 3.57 Å². The second kappa shape index (κ2) is 11.3. The van der Waals surface area contributed by atoms with Gasteiger partial charge in [-0.1, -0.05) is 60.1 Å². The summed E-state index contributed by atoms with van der Waals surface area (Å²) in [6.45, 7) is 0.646. The Labute approximate surface area is 221 Å². The van der Waals surface area contributed by atoms with E-state index >= 15 is 0 Å². The number of amides is 2. The standard InChI is InChI=1S/C26H21ClINO4S/c1-32-22-14-18(13-21(28)24(22)33-16-19-9-5-6-10-20(19)27)15-23-25(30)29(26(31)34-23)12-11-17-7-3-2-4-8-17/h2-10,13-15H,11-12,16H2,1H3/b23-15+. The monoisotopic (exact) mass is 605 g/mol. The molecule has 0 atom stereocenters. The van der Waals surface area contributed by atoms with E-state index in [0.717, 1.165) is 32.0 Å². The lowest BCUT2D eigenvalue weighted by molar-refractivity contribution is -0.122. The highest BCUT2D eigenvalue weighted by molar-refractivity contribution is 14.1. The van der Waals surface area contributed by atoms with E-state index in [2.05, 4.69) is 22.6 Å². The average molecular weight is 606 g/mol. The minimum atomic E-state index is -0.279. The van der Waals surface area contributed by atoms with Gasteiger partial charge in [-0.05, 0) is 76.2 Å². The molecule has 1 aliphatic rings. The maximum Gasteiger partial charge on any atom is 0.293 e. The lowest BCUT2D eigenvalue weighted by atomic mass is 10.1. The predicted octanol–water partition coefficient (Wildman–Crippen LogP) is 6.81. The van der Waals surface area contributed by atoms with Crippen LogP contribution >= 0.6 is 46.0 Å². The number of ether oxygens (including phenoxy) is 2. The molecule has 5 nitrogen and oxygen atoms in total. The first-order valence-corrected chi connectivity index (χ1v) is 12.8. The van der Waals surface area contributed by atoms with Gasteiger partial charge in [0.15, 0.2) is 11.5 Å². The topological polar surface area (TPSA) is 55.8 Å². The largest absolute Gasteiger partial charge is 0.493 e. The summed E-state index contributed by atoms with van der Waals surface area (Å²) in [4.78, 5) is 27.0. The number of carbonyl (C=O) groups excluding carboxylic acids is 2. The number of rotatable bonds is 8. The molecule has 0 aromatic heterocycles. The predicted molar refractivity (Wildman–Crippen MR) is 144 cm³/mol.